The number of fused-ring (bicyclic) bond motifs is 1. The first-order chi connectivity index (χ1) is 12.2. The minimum atomic E-state index is -0.642. The van der Waals surface area contributed by atoms with Crippen LogP contribution in [0.3, 0.4) is 0 Å². The summed E-state index contributed by atoms with van der Waals surface area (Å²) in [7, 11) is 1.64. The predicted molar refractivity (Wildman–Crippen MR) is 98.5 cm³/mol. The van der Waals surface area contributed by atoms with Crippen molar-refractivity contribution in [3.63, 3.8) is 0 Å². The van der Waals surface area contributed by atoms with Gasteiger partial charge in [0.25, 0.3) is 5.91 Å². The predicted octanol–water partition coefficient (Wildman–Crippen LogP) is 1.29. The van der Waals surface area contributed by atoms with Crippen LogP contribution in [0.2, 0.25) is 0 Å². The normalized spacial score (nSPS) is 20.3. The molecule has 2 aliphatic rings. The van der Waals surface area contributed by atoms with E-state index in [1.54, 1.807) is 17.8 Å². The number of imide groups is 1. The zero-order valence-corrected chi connectivity index (χ0v) is 16.1. The van der Waals surface area contributed by atoms with Gasteiger partial charge in [-0.15, -0.1) is 16.4 Å². The van der Waals surface area contributed by atoms with Gasteiger partial charge < -0.3 is 0 Å². The maximum atomic E-state index is 13.1. The van der Waals surface area contributed by atoms with Crippen LogP contribution in [-0.2, 0) is 4.79 Å². The highest BCUT2D eigenvalue weighted by Crippen LogP contribution is 2.23. The minimum Gasteiger partial charge on any atom is -0.270 e. The molecule has 8 nitrogen and oxygen atoms in total. The number of aryl methyl sites for hydroxylation is 1. The lowest BCUT2D eigenvalue weighted by Gasteiger charge is -2.34. The van der Waals surface area contributed by atoms with E-state index >= 15 is 0 Å². The number of amides is 3. The van der Waals surface area contributed by atoms with Crippen molar-refractivity contribution >= 4 is 23.7 Å². The molecule has 138 valence electrons. The lowest BCUT2D eigenvalue weighted by Crippen LogP contribution is -2.63. The molecule has 0 radical (unpaired) electrons. The number of aliphatic imine (C=N–C) groups is 1. The van der Waals surface area contributed by atoms with Gasteiger partial charge in [0.05, 0.1) is 11.7 Å². The second kappa shape index (κ2) is 6.19. The Hall–Kier alpha value is -2.77. The second-order valence-electron chi connectivity index (χ2n) is 6.96. The molecule has 0 aromatic carbocycles. The first-order valence-electron chi connectivity index (χ1n) is 8.67. The summed E-state index contributed by atoms with van der Waals surface area (Å²) in [6, 6.07) is -1.03. The van der Waals surface area contributed by atoms with Crippen LogP contribution in [0, 0.1) is 20.8 Å². The van der Waals surface area contributed by atoms with Gasteiger partial charge in [-0.3, -0.25) is 14.6 Å². The molecule has 8 heteroatoms. The average molecular weight is 357 g/mol. The molecule has 0 aliphatic carbocycles. The fraction of sp³-hybridized carbons (Fsp3) is 0.500. The number of carbonyl (C=O) groups is 2. The van der Waals surface area contributed by atoms with Gasteiger partial charge in [-0.2, -0.15) is 0 Å². The monoisotopic (exact) mass is 357 g/mol. The van der Waals surface area contributed by atoms with Crippen molar-refractivity contribution in [1.29, 1.82) is 0 Å². The Kier molecular flexibility index (Phi) is 4.29. The maximum Gasteiger partial charge on any atom is 0.421 e. The molecule has 0 saturated carbocycles. The van der Waals surface area contributed by atoms with E-state index in [4.69, 9.17) is 0 Å². The Morgan fingerprint density at radius 2 is 1.92 bits per heavy atom. The molecule has 3 rings (SSSR count). The van der Waals surface area contributed by atoms with Crippen molar-refractivity contribution in [2.45, 2.75) is 46.7 Å². The summed E-state index contributed by atoms with van der Waals surface area (Å²) < 4.78 is 3.69. The summed E-state index contributed by atoms with van der Waals surface area (Å²) in [6.07, 6.45) is 1.55. The van der Waals surface area contributed by atoms with Crippen molar-refractivity contribution in [2.24, 2.45) is 4.99 Å². The fourth-order valence-electron chi connectivity index (χ4n) is 3.37. The van der Waals surface area contributed by atoms with Crippen molar-refractivity contribution in [3.05, 3.63) is 29.6 Å². The Labute approximate surface area is 153 Å². The van der Waals surface area contributed by atoms with Crippen LogP contribution in [0.15, 0.2) is 17.6 Å². The van der Waals surface area contributed by atoms with Crippen molar-refractivity contribution in [1.82, 2.24) is 19.6 Å². The molecule has 3 heterocycles. The minimum absolute atomic E-state index is 0.00315. The van der Waals surface area contributed by atoms with Crippen molar-refractivity contribution in [2.75, 3.05) is 13.6 Å². The number of likely N-dealkylation sites (N-methyl/N-ethyl adjacent to an activating group) is 1. The van der Waals surface area contributed by atoms with E-state index in [2.05, 4.69) is 16.7 Å². The number of amidine groups is 1. The third-order valence-electron chi connectivity index (χ3n) is 5.04. The second-order valence-corrected chi connectivity index (χ2v) is 6.96. The summed E-state index contributed by atoms with van der Waals surface area (Å²) in [5, 5.41) is 4.59. The van der Waals surface area contributed by atoms with E-state index in [9.17, 15) is 9.59 Å². The number of carbonyl (C=O) groups excluding carboxylic acids is 2. The van der Waals surface area contributed by atoms with Crippen molar-refractivity contribution in [3.8, 4) is 0 Å². The van der Waals surface area contributed by atoms with Crippen LogP contribution in [0.5, 0.6) is 0 Å². The first-order valence-corrected chi connectivity index (χ1v) is 8.67. The number of aromatic nitrogens is 2. The molecular weight excluding hydrogens is 332 g/mol. The van der Waals surface area contributed by atoms with Gasteiger partial charge in [-0.1, -0.05) is 11.1 Å². The largest absolute Gasteiger partial charge is 0.421 e. The van der Waals surface area contributed by atoms with Crippen LogP contribution >= 0.6 is 0 Å². The zero-order valence-electron chi connectivity index (χ0n) is 16.1. The van der Waals surface area contributed by atoms with Crippen molar-refractivity contribution < 1.29 is 14.2 Å². The molecule has 0 N–H and O–H groups in total. The molecule has 2 aliphatic heterocycles. The molecule has 26 heavy (non-hydrogen) atoms. The molecule has 1 saturated heterocycles. The van der Waals surface area contributed by atoms with Gasteiger partial charge in [0.2, 0.25) is 11.9 Å². The van der Waals surface area contributed by atoms with Gasteiger partial charge in [-0.05, 0) is 34.6 Å². The molecule has 3 amide bonds. The summed E-state index contributed by atoms with van der Waals surface area (Å²) in [6.45, 7) is 13.7. The van der Waals surface area contributed by atoms with Gasteiger partial charge in [0.15, 0.2) is 0 Å². The summed E-state index contributed by atoms with van der Waals surface area (Å²) in [5.74, 6) is 0.727. The smallest absolute Gasteiger partial charge is 0.270 e. The molecule has 1 aromatic heterocycles. The summed E-state index contributed by atoms with van der Waals surface area (Å²) in [5.41, 5.74) is 2.97. The van der Waals surface area contributed by atoms with E-state index < -0.39 is 6.04 Å². The van der Waals surface area contributed by atoms with Gasteiger partial charge in [0, 0.05) is 19.2 Å². The molecule has 1 fully saturated rings. The fourth-order valence-corrected chi connectivity index (χ4v) is 3.37. The molecule has 1 atom stereocenters. The number of urea groups is 1. The number of nitrogens with zero attached hydrogens (tertiary/aromatic N) is 6. The lowest BCUT2D eigenvalue weighted by molar-refractivity contribution is -0.567. The Bertz CT molecular complexity index is 876. The standard InChI is InChI=1S/C18H25N6O2/c1-8-9-22-16(25)14-15(21(7)18(22)26)19-17(23(14)10(2)3)24-13(6)11(4)12(5)20-24/h8,10,14H,1,9H2,2-7H3/q+1. The highest BCUT2D eigenvalue weighted by Gasteiger charge is 2.53. The lowest BCUT2D eigenvalue weighted by atomic mass is 10.1. The van der Waals surface area contributed by atoms with E-state index in [-0.39, 0.29) is 24.5 Å². The topological polar surface area (TPSA) is 73.8 Å². The third kappa shape index (κ3) is 2.40. The molecule has 1 unspecified atom stereocenters. The maximum absolute atomic E-state index is 13.1. The summed E-state index contributed by atoms with van der Waals surface area (Å²) >= 11 is 0. The number of hydrogen-bond donors (Lipinski definition) is 0. The quantitative estimate of drug-likeness (QED) is 0.604. The summed E-state index contributed by atoms with van der Waals surface area (Å²) in [4.78, 5) is 32.9. The highest BCUT2D eigenvalue weighted by molar-refractivity contribution is 6.23. The van der Waals surface area contributed by atoms with Gasteiger partial charge in [0.1, 0.15) is 5.69 Å². The van der Waals surface area contributed by atoms with Crippen LogP contribution in [0.25, 0.3) is 0 Å². The van der Waals surface area contributed by atoms with Crippen LogP contribution in [0.4, 0.5) is 4.79 Å². The Balaban J connectivity index is 2.21. The van der Waals surface area contributed by atoms with E-state index in [1.807, 2.05) is 39.2 Å². The van der Waals surface area contributed by atoms with Crippen LogP contribution in [0.1, 0.15) is 30.8 Å². The van der Waals surface area contributed by atoms with Gasteiger partial charge in [-0.25, -0.2) is 9.37 Å². The molecule has 1 aromatic rings. The Morgan fingerprint density at radius 3 is 2.42 bits per heavy atom. The molecule has 0 bridgehead atoms. The van der Waals surface area contributed by atoms with E-state index in [0.29, 0.717) is 11.8 Å². The highest BCUT2D eigenvalue weighted by atomic mass is 16.2. The van der Waals surface area contributed by atoms with E-state index in [1.165, 1.54) is 9.80 Å². The Morgan fingerprint density at radius 1 is 1.27 bits per heavy atom. The zero-order chi connectivity index (χ0) is 19.3. The molecule has 0 spiro atoms. The average Bonchev–Trinajstić information content (AvgIpc) is 3.10. The molecular formula is C18H25N6O2+. The first kappa shape index (κ1) is 18.0. The third-order valence-corrected chi connectivity index (χ3v) is 5.04. The number of rotatable bonds is 3. The number of hydrogen-bond acceptors (Lipinski definition) is 4. The van der Waals surface area contributed by atoms with Crippen LogP contribution < -0.4 is 0 Å². The van der Waals surface area contributed by atoms with Crippen LogP contribution in [-0.4, -0.2) is 73.6 Å². The van der Waals surface area contributed by atoms with E-state index in [0.717, 1.165) is 17.0 Å². The SMILES string of the molecule is C=CCN1C(=O)C2C(=NC(n3nc(C)c(C)c3C)=[N+]2C(C)C)N(C)C1=O. The van der Waals surface area contributed by atoms with Gasteiger partial charge >= 0.3 is 12.0 Å².